The Bertz CT molecular complexity index is 155. The van der Waals surface area contributed by atoms with Gasteiger partial charge in [-0.15, -0.1) is 23.2 Å². The molecule has 0 bridgehead atoms. The lowest BCUT2D eigenvalue weighted by molar-refractivity contribution is 0.210. The van der Waals surface area contributed by atoms with Crippen LogP contribution in [0.3, 0.4) is 0 Å². The molecule has 0 nitrogen and oxygen atoms in total. The van der Waals surface area contributed by atoms with Crippen molar-refractivity contribution in [3.63, 3.8) is 0 Å². The quantitative estimate of drug-likeness (QED) is 0.603. The topological polar surface area (TPSA) is 0 Å². The van der Waals surface area contributed by atoms with Gasteiger partial charge in [-0.25, -0.2) is 0 Å². The van der Waals surface area contributed by atoms with Crippen molar-refractivity contribution in [2.45, 2.75) is 63.1 Å². The summed E-state index contributed by atoms with van der Waals surface area (Å²) in [4.78, 5) is -0.0805. The molecule has 0 aromatic heterocycles. The summed E-state index contributed by atoms with van der Waals surface area (Å²) < 4.78 is 0. The first kappa shape index (κ1) is 12.6. The van der Waals surface area contributed by atoms with Gasteiger partial charge >= 0.3 is 0 Å². The molecule has 84 valence electrons. The van der Waals surface area contributed by atoms with Gasteiger partial charge in [-0.2, -0.15) is 0 Å². The third-order valence-corrected chi connectivity index (χ3v) is 4.29. The zero-order valence-electron chi connectivity index (χ0n) is 9.74. The second-order valence-corrected chi connectivity index (χ2v) is 7.63. The molecular weight excluding hydrogens is 215 g/mol. The van der Waals surface area contributed by atoms with Gasteiger partial charge in [-0.1, -0.05) is 0 Å². The second kappa shape index (κ2) is 4.22. The van der Waals surface area contributed by atoms with Crippen LogP contribution in [0, 0.1) is 11.8 Å². The van der Waals surface area contributed by atoms with E-state index in [0.29, 0.717) is 11.8 Å². The zero-order valence-corrected chi connectivity index (χ0v) is 11.3. The summed E-state index contributed by atoms with van der Waals surface area (Å²) in [6.45, 7) is 8.52. The SMILES string of the molecule is CC(C)(Cl)C1CCC(C(C)(C)Cl)CC1. The van der Waals surface area contributed by atoms with Gasteiger partial charge in [0.1, 0.15) is 0 Å². The van der Waals surface area contributed by atoms with Gasteiger partial charge in [0.15, 0.2) is 0 Å². The van der Waals surface area contributed by atoms with Crippen LogP contribution in [0.15, 0.2) is 0 Å². The Labute approximate surface area is 98.4 Å². The van der Waals surface area contributed by atoms with E-state index in [1.165, 1.54) is 25.7 Å². The third-order valence-electron chi connectivity index (χ3n) is 3.67. The predicted octanol–water partition coefficient (Wildman–Crippen LogP) is 4.83. The molecule has 1 saturated carbocycles. The molecule has 1 aliphatic rings. The lowest BCUT2D eigenvalue weighted by Gasteiger charge is -2.39. The van der Waals surface area contributed by atoms with Crippen molar-refractivity contribution >= 4 is 23.2 Å². The van der Waals surface area contributed by atoms with Gasteiger partial charge in [0.2, 0.25) is 0 Å². The van der Waals surface area contributed by atoms with Gasteiger partial charge in [0.25, 0.3) is 0 Å². The van der Waals surface area contributed by atoms with Gasteiger partial charge in [0.05, 0.1) is 0 Å². The zero-order chi connectivity index (χ0) is 11.0. The summed E-state index contributed by atoms with van der Waals surface area (Å²) in [5.41, 5.74) is 0. The Morgan fingerprint density at radius 2 is 0.929 bits per heavy atom. The molecule has 0 heterocycles. The molecule has 0 N–H and O–H groups in total. The highest BCUT2D eigenvalue weighted by Gasteiger charge is 2.36. The standard InChI is InChI=1S/C12H22Cl2/c1-11(2,13)9-5-7-10(8-6-9)12(3,4)14/h9-10H,5-8H2,1-4H3. The first-order valence-corrected chi connectivity index (χ1v) is 6.34. The van der Waals surface area contributed by atoms with Crippen molar-refractivity contribution in [1.29, 1.82) is 0 Å². The highest BCUT2D eigenvalue weighted by molar-refractivity contribution is 6.24. The van der Waals surface area contributed by atoms with Gasteiger partial charge in [0, 0.05) is 9.75 Å². The van der Waals surface area contributed by atoms with Crippen molar-refractivity contribution < 1.29 is 0 Å². The Morgan fingerprint density at radius 1 is 0.714 bits per heavy atom. The minimum atomic E-state index is -0.0403. The minimum Gasteiger partial charge on any atom is -0.120 e. The average molecular weight is 237 g/mol. The normalized spacial score (nSPS) is 30.4. The lowest BCUT2D eigenvalue weighted by atomic mass is 9.73. The van der Waals surface area contributed by atoms with E-state index in [-0.39, 0.29) is 9.75 Å². The molecule has 1 aliphatic carbocycles. The molecule has 0 unspecified atom stereocenters. The molecular formula is C12H22Cl2. The molecule has 0 amide bonds. The molecule has 0 aromatic carbocycles. The van der Waals surface area contributed by atoms with Crippen LogP contribution in [0.5, 0.6) is 0 Å². The van der Waals surface area contributed by atoms with Crippen molar-refractivity contribution in [1.82, 2.24) is 0 Å². The average Bonchev–Trinajstić information content (AvgIpc) is 2.01. The number of hydrogen-bond acceptors (Lipinski definition) is 0. The van der Waals surface area contributed by atoms with E-state index >= 15 is 0 Å². The summed E-state index contributed by atoms with van der Waals surface area (Å²) >= 11 is 12.7. The summed E-state index contributed by atoms with van der Waals surface area (Å²) in [5, 5.41) is 0. The van der Waals surface area contributed by atoms with Gasteiger partial charge in [-0.3, -0.25) is 0 Å². The Kier molecular flexibility index (Phi) is 3.81. The number of alkyl halides is 2. The van der Waals surface area contributed by atoms with Gasteiger partial charge < -0.3 is 0 Å². The van der Waals surface area contributed by atoms with Crippen molar-refractivity contribution in [3.05, 3.63) is 0 Å². The van der Waals surface area contributed by atoms with Crippen molar-refractivity contribution in [2.24, 2.45) is 11.8 Å². The fourth-order valence-corrected chi connectivity index (χ4v) is 2.90. The van der Waals surface area contributed by atoms with E-state index in [1.807, 2.05) is 0 Å². The predicted molar refractivity (Wildman–Crippen MR) is 65.3 cm³/mol. The smallest absolute Gasteiger partial charge is 0.0418 e. The second-order valence-electron chi connectivity index (χ2n) is 5.68. The van der Waals surface area contributed by atoms with E-state index < -0.39 is 0 Å². The first-order chi connectivity index (χ1) is 6.21. The van der Waals surface area contributed by atoms with Crippen LogP contribution >= 0.6 is 23.2 Å². The number of halogens is 2. The molecule has 2 heteroatoms. The van der Waals surface area contributed by atoms with Crippen LogP contribution in [0.2, 0.25) is 0 Å². The van der Waals surface area contributed by atoms with E-state index in [9.17, 15) is 0 Å². The highest BCUT2D eigenvalue weighted by atomic mass is 35.5. The van der Waals surface area contributed by atoms with E-state index in [1.54, 1.807) is 0 Å². The molecule has 0 spiro atoms. The van der Waals surface area contributed by atoms with Crippen LogP contribution in [-0.2, 0) is 0 Å². The molecule has 1 rings (SSSR count). The maximum Gasteiger partial charge on any atom is 0.0418 e. The maximum atomic E-state index is 6.34. The summed E-state index contributed by atoms with van der Waals surface area (Å²) in [6, 6.07) is 0. The largest absolute Gasteiger partial charge is 0.120 e. The number of hydrogen-bond donors (Lipinski definition) is 0. The van der Waals surface area contributed by atoms with Crippen LogP contribution in [0.25, 0.3) is 0 Å². The maximum absolute atomic E-state index is 6.34. The first-order valence-electron chi connectivity index (χ1n) is 5.59. The molecule has 0 radical (unpaired) electrons. The third kappa shape index (κ3) is 3.31. The molecule has 0 aliphatic heterocycles. The van der Waals surface area contributed by atoms with Crippen molar-refractivity contribution in [2.75, 3.05) is 0 Å². The monoisotopic (exact) mass is 236 g/mol. The van der Waals surface area contributed by atoms with Crippen LogP contribution in [0.4, 0.5) is 0 Å². The fourth-order valence-electron chi connectivity index (χ4n) is 2.47. The van der Waals surface area contributed by atoms with Crippen molar-refractivity contribution in [3.8, 4) is 0 Å². The summed E-state index contributed by atoms with van der Waals surface area (Å²) in [6.07, 6.45) is 4.93. The van der Waals surface area contributed by atoms with E-state index in [4.69, 9.17) is 23.2 Å². The minimum absolute atomic E-state index is 0.0403. The molecule has 0 aromatic rings. The Balaban J connectivity index is 2.47. The van der Waals surface area contributed by atoms with Crippen LogP contribution in [0.1, 0.15) is 53.4 Å². The molecule has 0 saturated heterocycles. The molecule has 0 atom stereocenters. The highest BCUT2D eigenvalue weighted by Crippen LogP contribution is 2.43. The van der Waals surface area contributed by atoms with E-state index in [2.05, 4.69) is 27.7 Å². The van der Waals surface area contributed by atoms with Crippen LogP contribution < -0.4 is 0 Å². The van der Waals surface area contributed by atoms with E-state index in [0.717, 1.165) is 0 Å². The fraction of sp³-hybridized carbons (Fsp3) is 1.00. The molecule has 1 fully saturated rings. The molecule has 14 heavy (non-hydrogen) atoms. The Hall–Kier alpha value is 0.580. The lowest BCUT2D eigenvalue weighted by Crippen LogP contribution is -2.34. The Morgan fingerprint density at radius 3 is 1.07 bits per heavy atom. The van der Waals surface area contributed by atoms with Crippen LogP contribution in [-0.4, -0.2) is 9.75 Å². The van der Waals surface area contributed by atoms with Gasteiger partial charge in [-0.05, 0) is 65.2 Å². The number of rotatable bonds is 2. The summed E-state index contributed by atoms with van der Waals surface area (Å²) in [5.74, 6) is 1.33. The summed E-state index contributed by atoms with van der Waals surface area (Å²) in [7, 11) is 0.